The van der Waals surface area contributed by atoms with E-state index in [4.69, 9.17) is 9.47 Å². The number of amides is 1. The molecule has 2 aliphatic rings. The Morgan fingerprint density at radius 2 is 1.92 bits per heavy atom. The van der Waals surface area contributed by atoms with Crippen LogP contribution in [-0.4, -0.2) is 74.4 Å². The van der Waals surface area contributed by atoms with E-state index in [0.717, 1.165) is 25.2 Å². The van der Waals surface area contributed by atoms with Gasteiger partial charge in [-0.2, -0.15) is 0 Å². The van der Waals surface area contributed by atoms with Crippen LogP contribution in [0.2, 0.25) is 0 Å². The van der Waals surface area contributed by atoms with Gasteiger partial charge in [0.15, 0.2) is 0 Å². The Kier molecular flexibility index (Phi) is 6.18. The molecule has 6 heteroatoms. The van der Waals surface area contributed by atoms with Gasteiger partial charge in [-0.1, -0.05) is 12.1 Å². The van der Waals surface area contributed by atoms with Crippen LogP contribution in [0.25, 0.3) is 6.08 Å². The summed E-state index contributed by atoms with van der Waals surface area (Å²) >= 11 is 0. The molecule has 2 aliphatic heterocycles. The molecule has 136 valence electrons. The summed E-state index contributed by atoms with van der Waals surface area (Å²) in [6, 6.07) is 6.16. The van der Waals surface area contributed by atoms with Gasteiger partial charge in [-0.3, -0.25) is 9.69 Å². The Morgan fingerprint density at radius 1 is 1.20 bits per heavy atom. The Labute approximate surface area is 148 Å². The molecule has 0 spiro atoms. The summed E-state index contributed by atoms with van der Waals surface area (Å²) in [5.74, 6) is -0.231. The molecule has 3 rings (SSSR count). The highest BCUT2D eigenvalue weighted by Gasteiger charge is 2.25. The van der Waals surface area contributed by atoms with Crippen molar-refractivity contribution in [2.24, 2.45) is 0 Å². The van der Waals surface area contributed by atoms with E-state index < -0.39 is 0 Å². The maximum atomic E-state index is 13.0. The molecule has 5 nitrogen and oxygen atoms in total. The fourth-order valence-corrected chi connectivity index (χ4v) is 3.18. The van der Waals surface area contributed by atoms with Gasteiger partial charge in [0.25, 0.3) is 0 Å². The Hall–Kier alpha value is -1.76. The van der Waals surface area contributed by atoms with Crippen LogP contribution in [0.1, 0.15) is 12.5 Å². The first-order valence-corrected chi connectivity index (χ1v) is 8.76. The van der Waals surface area contributed by atoms with Crippen molar-refractivity contribution in [1.82, 2.24) is 9.80 Å². The number of carbonyl (C=O) groups is 1. The molecule has 2 fully saturated rings. The van der Waals surface area contributed by atoms with E-state index in [-0.39, 0.29) is 17.8 Å². The number of carbonyl (C=O) groups excluding carboxylic acids is 1. The highest BCUT2D eigenvalue weighted by molar-refractivity contribution is 5.97. The molecule has 1 aromatic carbocycles. The van der Waals surface area contributed by atoms with E-state index in [1.165, 1.54) is 12.1 Å². The van der Waals surface area contributed by atoms with Crippen LogP contribution in [0, 0.1) is 5.82 Å². The molecule has 0 unspecified atom stereocenters. The Balaban J connectivity index is 1.49. The third-order valence-electron chi connectivity index (χ3n) is 4.60. The molecule has 0 radical (unpaired) electrons. The van der Waals surface area contributed by atoms with Gasteiger partial charge in [-0.25, -0.2) is 4.39 Å². The Morgan fingerprint density at radius 3 is 2.56 bits per heavy atom. The predicted octanol–water partition coefficient (Wildman–Crippen LogP) is 1.79. The number of halogens is 1. The first-order valence-electron chi connectivity index (χ1n) is 8.76. The number of piperazine rings is 1. The number of rotatable bonds is 4. The van der Waals surface area contributed by atoms with E-state index in [1.807, 2.05) is 11.8 Å². The molecular weight excluding hydrogens is 323 g/mol. The van der Waals surface area contributed by atoms with Gasteiger partial charge in [-0.15, -0.1) is 0 Å². The summed E-state index contributed by atoms with van der Waals surface area (Å²) in [4.78, 5) is 16.8. The molecule has 1 atom stereocenters. The number of benzene rings is 1. The van der Waals surface area contributed by atoms with Crippen molar-refractivity contribution in [3.8, 4) is 0 Å². The van der Waals surface area contributed by atoms with E-state index in [9.17, 15) is 9.18 Å². The van der Waals surface area contributed by atoms with Crippen LogP contribution in [0.5, 0.6) is 0 Å². The van der Waals surface area contributed by atoms with Gasteiger partial charge in [0.2, 0.25) is 5.91 Å². The average Bonchev–Trinajstić information content (AvgIpc) is 2.64. The van der Waals surface area contributed by atoms with E-state index >= 15 is 0 Å². The molecule has 0 bridgehead atoms. The van der Waals surface area contributed by atoms with Gasteiger partial charge in [-0.05, 0) is 30.7 Å². The van der Waals surface area contributed by atoms with E-state index in [2.05, 4.69) is 4.90 Å². The largest absolute Gasteiger partial charge is 0.376 e. The molecule has 2 heterocycles. The molecule has 0 aliphatic carbocycles. The summed E-state index contributed by atoms with van der Waals surface area (Å²) in [5, 5.41) is 0. The monoisotopic (exact) mass is 348 g/mol. The maximum Gasteiger partial charge on any atom is 0.249 e. The van der Waals surface area contributed by atoms with Crippen molar-refractivity contribution in [3.05, 3.63) is 41.2 Å². The zero-order valence-corrected chi connectivity index (χ0v) is 14.6. The lowest BCUT2D eigenvalue weighted by Crippen LogP contribution is -2.51. The fraction of sp³-hybridized carbons (Fsp3) is 0.526. The van der Waals surface area contributed by atoms with Crippen molar-refractivity contribution in [2.75, 3.05) is 52.5 Å². The van der Waals surface area contributed by atoms with Crippen molar-refractivity contribution < 1.29 is 18.7 Å². The number of ether oxygens (including phenoxy) is 2. The smallest absolute Gasteiger partial charge is 0.249 e. The van der Waals surface area contributed by atoms with Crippen LogP contribution in [-0.2, 0) is 14.3 Å². The lowest BCUT2D eigenvalue weighted by Gasteiger charge is -2.37. The topological polar surface area (TPSA) is 42.0 Å². The molecule has 2 saturated heterocycles. The van der Waals surface area contributed by atoms with Crippen molar-refractivity contribution in [1.29, 1.82) is 0 Å². The van der Waals surface area contributed by atoms with Crippen LogP contribution in [0.4, 0.5) is 4.39 Å². The number of nitrogens with zero attached hydrogens (tertiary/aromatic N) is 2. The molecule has 25 heavy (non-hydrogen) atoms. The summed E-state index contributed by atoms with van der Waals surface area (Å²) in [6.07, 6.45) is 1.94. The molecular formula is C19H25FN2O3. The number of hydrogen-bond acceptors (Lipinski definition) is 4. The van der Waals surface area contributed by atoms with Gasteiger partial charge in [0.05, 0.1) is 25.9 Å². The van der Waals surface area contributed by atoms with Gasteiger partial charge < -0.3 is 14.4 Å². The quantitative estimate of drug-likeness (QED) is 0.778. The minimum atomic E-state index is -0.274. The third kappa shape index (κ3) is 5.11. The highest BCUT2D eigenvalue weighted by atomic mass is 19.1. The second kappa shape index (κ2) is 8.56. The van der Waals surface area contributed by atoms with E-state index in [0.29, 0.717) is 38.5 Å². The van der Waals surface area contributed by atoms with Crippen molar-refractivity contribution >= 4 is 12.0 Å². The third-order valence-corrected chi connectivity index (χ3v) is 4.60. The van der Waals surface area contributed by atoms with Gasteiger partial charge >= 0.3 is 0 Å². The normalized spacial score (nSPS) is 22.9. The second-order valence-electron chi connectivity index (χ2n) is 6.54. The Bertz CT molecular complexity index is 604. The van der Waals surface area contributed by atoms with Crippen molar-refractivity contribution in [3.63, 3.8) is 0 Å². The molecule has 1 aromatic rings. The summed E-state index contributed by atoms with van der Waals surface area (Å²) in [6.45, 7) is 7.76. The predicted molar refractivity (Wildman–Crippen MR) is 93.6 cm³/mol. The maximum absolute atomic E-state index is 13.0. The van der Waals surface area contributed by atoms with Crippen LogP contribution < -0.4 is 0 Å². The van der Waals surface area contributed by atoms with Crippen molar-refractivity contribution in [2.45, 2.75) is 13.0 Å². The average molecular weight is 348 g/mol. The fourth-order valence-electron chi connectivity index (χ4n) is 3.18. The van der Waals surface area contributed by atoms with Gasteiger partial charge in [0, 0.05) is 38.3 Å². The zero-order valence-electron chi connectivity index (χ0n) is 14.6. The lowest BCUT2D eigenvalue weighted by molar-refractivity contribution is -0.130. The molecule has 1 amide bonds. The summed E-state index contributed by atoms with van der Waals surface area (Å²) in [5.41, 5.74) is 1.50. The highest BCUT2D eigenvalue weighted by Crippen LogP contribution is 2.13. The van der Waals surface area contributed by atoms with E-state index in [1.54, 1.807) is 18.2 Å². The molecule has 0 aromatic heterocycles. The molecule has 0 saturated carbocycles. The van der Waals surface area contributed by atoms with Crippen LogP contribution in [0.15, 0.2) is 29.8 Å². The number of hydrogen-bond donors (Lipinski definition) is 0. The molecule has 0 N–H and O–H groups in total. The lowest BCUT2D eigenvalue weighted by atomic mass is 10.1. The minimum Gasteiger partial charge on any atom is -0.376 e. The summed E-state index contributed by atoms with van der Waals surface area (Å²) < 4.78 is 24.1. The second-order valence-corrected chi connectivity index (χ2v) is 6.54. The van der Waals surface area contributed by atoms with Crippen LogP contribution in [0.3, 0.4) is 0 Å². The SMILES string of the molecule is C/C(=C\c1ccc(F)cc1)C(=O)N1CCN(C[C@H]2COCCO2)CC1. The first kappa shape index (κ1) is 18.0. The summed E-state index contributed by atoms with van der Waals surface area (Å²) in [7, 11) is 0. The zero-order chi connectivity index (χ0) is 17.6. The first-order chi connectivity index (χ1) is 12.1. The van der Waals surface area contributed by atoms with Crippen LogP contribution >= 0.6 is 0 Å². The van der Waals surface area contributed by atoms with Gasteiger partial charge in [0.1, 0.15) is 5.82 Å². The minimum absolute atomic E-state index is 0.0428. The standard InChI is InChI=1S/C19H25FN2O3/c1-15(12-16-2-4-17(20)5-3-16)19(23)22-8-6-21(7-9-22)13-18-14-24-10-11-25-18/h2-5,12,18H,6-11,13-14H2,1H3/b15-12+/t18-/m0/s1.